The number of amides is 2. The van der Waals surface area contributed by atoms with Gasteiger partial charge in [-0.05, 0) is 56.4 Å². The maximum absolute atomic E-state index is 13.5. The quantitative estimate of drug-likeness (QED) is 0.585. The van der Waals surface area contributed by atoms with Gasteiger partial charge in [-0.1, -0.05) is 41.2 Å². The van der Waals surface area contributed by atoms with Gasteiger partial charge in [0.1, 0.15) is 11.8 Å². The summed E-state index contributed by atoms with van der Waals surface area (Å²) in [5, 5.41) is 8.59. The summed E-state index contributed by atoms with van der Waals surface area (Å²) >= 11 is 1.09. The molecule has 0 fully saturated rings. The standard InChI is InChI=1S/C22H26N4O3S/c1-5-22(3,4)23-20(27)19(16-10-8-15(2)9-11-16)26(13-17-7-6-12-29-17)21(28)18-14-30-25-24-18/h6-12,14,19H,5,13H2,1-4H3,(H,23,27)/t19-/m1/s1. The highest BCUT2D eigenvalue weighted by atomic mass is 32.1. The molecule has 0 saturated carbocycles. The molecule has 30 heavy (non-hydrogen) atoms. The summed E-state index contributed by atoms with van der Waals surface area (Å²) in [4.78, 5) is 28.3. The average molecular weight is 427 g/mol. The summed E-state index contributed by atoms with van der Waals surface area (Å²) in [5.74, 6) is -0.0600. The maximum atomic E-state index is 13.5. The zero-order valence-corrected chi connectivity index (χ0v) is 18.4. The van der Waals surface area contributed by atoms with Crippen LogP contribution >= 0.6 is 11.5 Å². The summed E-state index contributed by atoms with van der Waals surface area (Å²) in [6.45, 7) is 8.03. The van der Waals surface area contributed by atoms with Crippen LogP contribution in [0.4, 0.5) is 0 Å². The van der Waals surface area contributed by atoms with Gasteiger partial charge in [0.2, 0.25) is 5.91 Å². The molecule has 2 heterocycles. The highest BCUT2D eigenvalue weighted by Gasteiger charge is 2.35. The maximum Gasteiger partial charge on any atom is 0.276 e. The molecule has 7 nitrogen and oxygen atoms in total. The van der Waals surface area contributed by atoms with Crippen LogP contribution < -0.4 is 5.32 Å². The Hall–Kier alpha value is -3.00. The first-order chi connectivity index (χ1) is 14.3. The van der Waals surface area contributed by atoms with E-state index in [1.54, 1.807) is 23.8 Å². The second-order valence-electron chi connectivity index (χ2n) is 7.84. The topological polar surface area (TPSA) is 88.3 Å². The van der Waals surface area contributed by atoms with Gasteiger partial charge in [0.25, 0.3) is 5.91 Å². The number of rotatable bonds is 8. The van der Waals surface area contributed by atoms with E-state index in [0.29, 0.717) is 11.3 Å². The summed E-state index contributed by atoms with van der Waals surface area (Å²) in [7, 11) is 0. The minimum Gasteiger partial charge on any atom is -0.467 e. The molecule has 3 rings (SSSR count). The van der Waals surface area contributed by atoms with Crippen LogP contribution in [0.2, 0.25) is 0 Å². The predicted molar refractivity (Wildman–Crippen MR) is 115 cm³/mol. The molecule has 1 aromatic carbocycles. The van der Waals surface area contributed by atoms with Crippen LogP contribution in [-0.2, 0) is 11.3 Å². The van der Waals surface area contributed by atoms with Crippen molar-refractivity contribution in [1.29, 1.82) is 0 Å². The van der Waals surface area contributed by atoms with Crippen molar-refractivity contribution < 1.29 is 14.0 Å². The first kappa shape index (κ1) is 21.7. The number of aryl methyl sites for hydroxylation is 1. The second-order valence-corrected chi connectivity index (χ2v) is 8.45. The van der Waals surface area contributed by atoms with E-state index in [-0.39, 0.29) is 24.1 Å². The van der Waals surface area contributed by atoms with Crippen molar-refractivity contribution in [2.45, 2.75) is 52.2 Å². The summed E-state index contributed by atoms with van der Waals surface area (Å²) in [6, 6.07) is 10.3. The predicted octanol–water partition coefficient (Wildman–Crippen LogP) is 4.13. The van der Waals surface area contributed by atoms with Gasteiger partial charge in [-0.2, -0.15) is 0 Å². The van der Waals surface area contributed by atoms with Gasteiger partial charge in [0.05, 0.1) is 12.8 Å². The highest BCUT2D eigenvalue weighted by molar-refractivity contribution is 7.03. The van der Waals surface area contributed by atoms with E-state index in [2.05, 4.69) is 14.9 Å². The molecular formula is C22H26N4O3S. The number of aromatic nitrogens is 2. The molecule has 1 N–H and O–H groups in total. The average Bonchev–Trinajstić information content (AvgIpc) is 3.42. The van der Waals surface area contributed by atoms with E-state index in [9.17, 15) is 9.59 Å². The largest absolute Gasteiger partial charge is 0.467 e. The van der Waals surface area contributed by atoms with Gasteiger partial charge >= 0.3 is 0 Å². The zero-order chi connectivity index (χ0) is 21.7. The van der Waals surface area contributed by atoms with Crippen molar-refractivity contribution in [3.63, 3.8) is 0 Å². The Labute approximate surface area is 180 Å². The number of carbonyl (C=O) groups is 2. The first-order valence-electron chi connectivity index (χ1n) is 9.79. The number of hydrogen-bond acceptors (Lipinski definition) is 6. The third kappa shape index (κ3) is 5.13. The lowest BCUT2D eigenvalue weighted by Crippen LogP contribution is -2.50. The molecule has 2 amide bonds. The van der Waals surface area contributed by atoms with Crippen LogP contribution in [0.5, 0.6) is 0 Å². The van der Waals surface area contributed by atoms with E-state index in [4.69, 9.17) is 4.42 Å². The van der Waals surface area contributed by atoms with Crippen LogP contribution in [0.1, 0.15) is 60.6 Å². The lowest BCUT2D eigenvalue weighted by molar-refractivity contribution is -0.127. The van der Waals surface area contributed by atoms with E-state index >= 15 is 0 Å². The van der Waals surface area contributed by atoms with Gasteiger partial charge in [-0.15, -0.1) is 5.10 Å². The molecule has 8 heteroatoms. The fraction of sp³-hybridized carbons (Fsp3) is 0.364. The van der Waals surface area contributed by atoms with Crippen LogP contribution in [0.15, 0.2) is 52.5 Å². The van der Waals surface area contributed by atoms with E-state index in [1.807, 2.05) is 52.0 Å². The molecule has 0 aliphatic heterocycles. The Balaban J connectivity index is 2.05. The van der Waals surface area contributed by atoms with Crippen molar-refractivity contribution in [3.05, 3.63) is 70.6 Å². The highest BCUT2D eigenvalue weighted by Crippen LogP contribution is 2.27. The normalized spacial score (nSPS) is 12.4. The third-order valence-electron chi connectivity index (χ3n) is 5.04. The Bertz CT molecular complexity index is 967. The number of furan rings is 1. The zero-order valence-electron chi connectivity index (χ0n) is 17.6. The number of nitrogens with one attached hydrogen (secondary N) is 1. The number of carbonyl (C=O) groups excluding carboxylic acids is 2. The number of hydrogen-bond donors (Lipinski definition) is 1. The molecule has 0 spiro atoms. The minimum atomic E-state index is -0.851. The van der Waals surface area contributed by atoms with Gasteiger partial charge in [0.15, 0.2) is 5.69 Å². The SMILES string of the molecule is CCC(C)(C)NC(=O)[C@@H](c1ccc(C)cc1)N(Cc1ccco1)C(=O)c1csnn1. The smallest absolute Gasteiger partial charge is 0.276 e. The van der Waals surface area contributed by atoms with Crippen molar-refractivity contribution in [3.8, 4) is 0 Å². The van der Waals surface area contributed by atoms with Crippen molar-refractivity contribution in [1.82, 2.24) is 19.8 Å². The van der Waals surface area contributed by atoms with Gasteiger partial charge in [-0.3, -0.25) is 9.59 Å². The number of nitrogens with zero attached hydrogens (tertiary/aromatic N) is 3. The van der Waals surface area contributed by atoms with Crippen LogP contribution in [0, 0.1) is 6.92 Å². The summed E-state index contributed by atoms with van der Waals surface area (Å²) < 4.78 is 9.28. The summed E-state index contributed by atoms with van der Waals surface area (Å²) in [5.41, 5.74) is 1.57. The molecule has 1 atom stereocenters. The van der Waals surface area contributed by atoms with E-state index < -0.39 is 11.6 Å². The Morgan fingerprint density at radius 2 is 1.97 bits per heavy atom. The van der Waals surface area contributed by atoms with Crippen molar-refractivity contribution in [2.75, 3.05) is 0 Å². The minimum absolute atomic E-state index is 0.127. The summed E-state index contributed by atoms with van der Waals surface area (Å²) in [6.07, 6.45) is 2.30. The van der Waals surface area contributed by atoms with E-state index in [0.717, 1.165) is 23.5 Å². The molecular weight excluding hydrogens is 400 g/mol. The van der Waals surface area contributed by atoms with Crippen LogP contribution in [0.3, 0.4) is 0 Å². The molecule has 158 valence electrons. The molecule has 0 unspecified atom stereocenters. The molecule has 3 aromatic rings. The third-order valence-corrected chi connectivity index (χ3v) is 5.55. The molecule has 2 aromatic heterocycles. The monoisotopic (exact) mass is 426 g/mol. The van der Waals surface area contributed by atoms with Gasteiger partial charge < -0.3 is 14.6 Å². The van der Waals surface area contributed by atoms with Gasteiger partial charge in [0, 0.05) is 10.9 Å². The fourth-order valence-corrected chi connectivity index (χ4v) is 3.40. The van der Waals surface area contributed by atoms with Crippen molar-refractivity contribution >= 4 is 23.3 Å². The molecule has 0 aliphatic carbocycles. The number of benzene rings is 1. The second kappa shape index (κ2) is 9.21. The lowest BCUT2D eigenvalue weighted by atomic mass is 9.98. The van der Waals surface area contributed by atoms with Crippen LogP contribution in [-0.4, -0.2) is 31.8 Å². The molecule has 0 radical (unpaired) electrons. The molecule has 0 bridgehead atoms. The van der Waals surface area contributed by atoms with Gasteiger partial charge in [-0.25, -0.2) is 0 Å². The Morgan fingerprint density at radius 1 is 1.23 bits per heavy atom. The van der Waals surface area contributed by atoms with Crippen molar-refractivity contribution in [2.24, 2.45) is 0 Å². The fourth-order valence-electron chi connectivity index (χ4n) is 2.97. The van der Waals surface area contributed by atoms with E-state index in [1.165, 1.54) is 4.90 Å². The molecule has 0 saturated heterocycles. The van der Waals surface area contributed by atoms with Crippen LogP contribution in [0.25, 0.3) is 0 Å². The Kier molecular flexibility index (Phi) is 6.66. The molecule has 0 aliphatic rings. The lowest BCUT2D eigenvalue weighted by Gasteiger charge is -2.33. The Morgan fingerprint density at radius 3 is 2.53 bits per heavy atom. The first-order valence-corrected chi connectivity index (χ1v) is 10.6.